The Bertz CT molecular complexity index is 810. The lowest BCUT2D eigenvalue weighted by atomic mass is 9.99. The van der Waals surface area contributed by atoms with E-state index < -0.39 is 5.91 Å². The third-order valence-electron chi connectivity index (χ3n) is 4.48. The average molecular weight is 414 g/mol. The monoisotopic (exact) mass is 413 g/mol. The first-order chi connectivity index (χ1) is 14.0. The van der Waals surface area contributed by atoms with Crippen molar-refractivity contribution in [2.24, 2.45) is 0 Å². The van der Waals surface area contributed by atoms with E-state index in [1.165, 1.54) is 5.56 Å². The van der Waals surface area contributed by atoms with Crippen molar-refractivity contribution < 1.29 is 14.3 Å². The summed E-state index contributed by atoms with van der Waals surface area (Å²) in [5.41, 5.74) is 7.21. The molecular formula is C22H27N3O3S. The Hall–Kier alpha value is -2.93. The summed E-state index contributed by atoms with van der Waals surface area (Å²) in [7, 11) is 0. The van der Waals surface area contributed by atoms with E-state index in [0.717, 1.165) is 12.0 Å². The smallest absolute Gasteiger partial charge is 0.276 e. The second-order valence-electron chi connectivity index (χ2n) is 6.70. The van der Waals surface area contributed by atoms with Gasteiger partial charge in [-0.3, -0.25) is 20.4 Å². The molecule has 7 heteroatoms. The van der Waals surface area contributed by atoms with Crippen molar-refractivity contribution in [3.63, 3.8) is 0 Å². The number of hydrogen-bond acceptors (Lipinski definition) is 4. The van der Waals surface area contributed by atoms with Gasteiger partial charge in [0.15, 0.2) is 11.7 Å². The summed E-state index contributed by atoms with van der Waals surface area (Å²) in [6, 6.07) is 17.4. The van der Waals surface area contributed by atoms with E-state index >= 15 is 0 Å². The molecule has 0 fully saturated rings. The number of hydrazine groups is 1. The van der Waals surface area contributed by atoms with Gasteiger partial charge in [-0.15, -0.1) is 0 Å². The van der Waals surface area contributed by atoms with Crippen molar-refractivity contribution in [1.82, 2.24) is 16.2 Å². The Morgan fingerprint density at radius 3 is 2.34 bits per heavy atom. The first-order valence-corrected chi connectivity index (χ1v) is 10.0. The van der Waals surface area contributed by atoms with Gasteiger partial charge in [0.2, 0.25) is 5.91 Å². The number of amides is 2. The first kappa shape index (κ1) is 22.4. The summed E-state index contributed by atoms with van der Waals surface area (Å²) in [5.74, 6) is 0.472. The van der Waals surface area contributed by atoms with Gasteiger partial charge in [-0.1, -0.05) is 56.3 Å². The molecule has 0 heterocycles. The van der Waals surface area contributed by atoms with Gasteiger partial charge >= 0.3 is 0 Å². The Balaban J connectivity index is 1.64. The molecule has 3 N–H and O–H groups in total. The van der Waals surface area contributed by atoms with Gasteiger partial charge in [-0.25, -0.2) is 0 Å². The molecule has 29 heavy (non-hydrogen) atoms. The van der Waals surface area contributed by atoms with Gasteiger partial charge in [0.05, 0.1) is 0 Å². The summed E-state index contributed by atoms with van der Waals surface area (Å²) in [6.07, 6.45) is 1.98. The van der Waals surface area contributed by atoms with Crippen LogP contribution in [0.3, 0.4) is 0 Å². The van der Waals surface area contributed by atoms with Gasteiger partial charge in [-0.05, 0) is 54.2 Å². The first-order valence-electron chi connectivity index (χ1n) is 9.63. The third-order valence-corrected chi connectivity index (χ3v) is 4.69. The van der Waals surface area contributed by atoms with Crippen LogP contribution in [0.5, 0.6) is 5.75 Å². The second-order valence-corrected chi connectivity index (χ2v) is 7.11. The Kier molecular flexibility index (Phi) is 9.11. The highest BCUT2D eigenvalue weighted by atomic mass is 32.1. The highest BCUT2D eigenvalue weighted by molar-refractivity contribution is 7.80. The maximum Gasteiger partial charge on any atom is 0.276 e. The highest BCUT2D eigenvalue weighted by Gasteiger charge is 2.08. The zero-order valence-electron chi connectivity index (χ0n) is 16.7. The molecule has 2 rings (SSSR count). The summed E-state index contributed by atoms with van der Waals surface area (Å²) >= 11 is 5.01. The molecule has 2 aromatic rings. The predicted octanol–water partition coefficient (Wildman–Crippen LogP) is 3.23. The summed E-state index contributed by atoms with van der Waals surface area (Å²) in [5, 5.41) is 2.56. The van der Waals surface area contributed by atoms with Crippen LogP contribution in [0.1, 0.15) is 43.7 Å². The van der Waals surface area contributed by atoms with Crippen LogP contribution in [0, 0.1) is 0 Å². The molecule has 0 saturated carbocycles. The normalized spacial score (nSPS) is 11.2. The minimum atomic E-state index is -0.406. The van der Waals surface area contributed by atoms with Gasteiger partial charge in [-0.2, -0.15) is 0 Å². The molecule has 0 saturated heterocycles. The Morgan fingerprint density at radius 2 is 1.69 bits per heavy atom. The molecule has 0 spiro atoms. The minimum absolute atomic E-state index is 0.0364. The SMILES string of the molecule is CCC(C)c1ccc(OCC(=O)NNC(=S)NC(=O)CCc2ccccc2)cc1. The van der Waals surface area contributed by atoms with Crippen LogP contribution in [0.25, 0.3) is 0 Å². The molecular weight excluding hydrogens is 386 g/mol. The fourth-order valence-electron chi connectivity index (χ4n) is 2.56. The molecule has 6 nitrogen and oxygen atoms in total. The van der Waals surface area contributed by atoms with Crippen LogP contribution < -0.4 is 20.9 Å². The predicted molar refractivity (Wildman–Crippen MR) is 117 cm³/mol. The third kappa shape index (κ3) is 8.31. The lowest BCUT2D eigenvalue weighted by Gasteiger charge is -2.12. The fraction of sp³-hybridized carbons (Fsp3) is 0.318. The number of carbonyl (C=O) groups excluding carboxylic acids is 2. The van der Waals surface area contributed by atoms with E-state index in [0.29, 0.717) is 24.5 Å². The molecule has 0 aliphatic heterocycles. The van der Waals surface area contributed by atoms with Gasteiger partial charge in [0.1, 0.15) is 5.75 Å². The van der Waals surface area contributed by atoms with E-state index in [4.69, 9.17) is 17.0 Å². The number of rotatable bonds is 8. The average Bonchev–Trinajstić information content (AvgIpc) is 2.75. The van der Waals surface area contributed by atoms with Crippen LogP contribution in [-0.4, -0.2) is 23.5 Å². The Labute approximate surface area is 177 Å². The number of benzene rings is 2. The number of thiocarbonyl (C=S) groups is 1. The fourth-order valence-corrected chi connectivity index (χ4v) is 2.73. The van der Waals surface area contributed by atoms with Gasteiger partial charge in [0.25, 0.3) is 5.91 Å². The zero-order valence-corrected chi connectivity index (χ0v) is 17.6. The summed E-state index contributed by atoms with van der Waals surface area (Å²) in [4.78, 5) is 23.8. The van der Waals surface area contributed by atoms with E-state index in [2.05, 4.69) is 30.0 Å². The number of nitrogens with one attached hydrogen (secondary N) is 3. The molecule has 0 aliphatic carbocycles. The molecule has 0 bridgehead atoms. The van der Waals surface area contributed by atoms with Crippen LogP contribution in [0.15, 0.2) is 54.6 Å². The minimum Gasteiger partial charge on any atom is -0.484 e. The van der Waals surface area contributed by atoms with Crippen molar-refractivity contribution >= 4 is 29.1 Å². The number of hydrogen-bond donors (Lipinski definition) is 3. The van der Waals surface area contributed by atoms with Crippen molar-refractivity contribution in [3.8, 4) is 5.75 Å². The summed E-state index contributed by atoms with van der Waals surface area (Å²) < 4.78 is 5.45. The molecule has 1 atom stereocenters. The molecule has 0 radical (unpaired) electrons. The van der Waals surface area contributed by atoms with Crippen molar-refractivity contribution in [2.45, 2.75) is 39.0 Å². The highest BCUT2D eigenvalue weighted by Crippen LogP contribution is 2.21. The van der Waals surface area contributed by atoms with Crippen molar-refractivity contribution in [2.75, 3.05) is 6.61 Å². The quantitative estimate of drug-likeness (QED) is 0.457. The van der Waals surface area contributed by atoms with E-state index in [9.17, 15) is 9.59 Å². The molecule has 0 aliphatic rings. The van der Waals surface area contributed by atoms with Crippen LogP contribution in [0.2, 0.25) is 0 Å². The maximum atomic E-state index is 11.9. The topological polar surface area (TPSA) is 79.5 Å². The standard InChI is InChI=1S/C22H27N3O3S/c1-3-16(2)18-10-12-19(13-11-18)28-15-21(27)24-25-22(29)23-20(26)14-9-17-7-5-4-6-8-17/h4-8,10-13,16H,3,9,14-15H2,1-2H3,(H,24,27)(H2,23,25,26,29). The van der Waals surface area contributed by atoms with E-state index in [-0.39, 0.29) is 17.6 Å². The molecule has 1 unspecified atom stereocenters. The number of carbonyl (C=O) groups is 2. The van der Waals surface area contributed by atoms with Crippen LogP contribution in [-0.2, 0) is 16.0 Å². The maximum absolute atomic E-state index is 11.9. The van der Waals surface area contributed by atoms with Gasteiger partial charge < -0.3 is 10.1 Å². The molecule has 0 aromatic heterocycles. The van der Waals surface area contributed by atoms with Crippen LogP contribution >= 0.6 is 12.2 Å². The zero-order chi connectivity index (χ0) is 21.1. The molecule has 154 valence electrons. The number of aryl methyl sites for hydroxylation is 1. The number of ether oxygens (including phenoxy) is 1. The second kappa shape index (κ2) is 11.8. The molecule has 2 aromatic carbocycles. The largest absolute Gasteiger partial charge is 0.484 e. The van der Waals surface area contributed by atoms with Gasteiger partial charge in [0, 0.05) is 6.42 Å². The lowest BCUT2D eigenvalue weighted by Crippen LogP contribution is -2.49. The van der Waals surface area contributed by atoms with Crippen molar-refractivity contribution in [1.29, 1.82) is 0 Å². The van der Waals surface area contributed by atoms with E-state index in [1.807, 2.05) is 54.6 Å². The summed E-state index contributed by atoms with van der Waals surface area (Å²) in [6.45, 7) is 4.14. The van der Waals surface area contributed by atoms with Crippen molar-refractivity contribution in [3.05, 3.63) is 65.7 Å². The lowest BCUT2D eigenvalue weighted by molar-refractivity contribution is -0.124. The van der Waals surface area contributed by atoms with Crippen LogP contribution in [0.4, 0.5) is 0 Å². The molecule has 2 amide bonds. The van der Waals surface area contributed by atoms with E-state index in [1.54, 1.807) is 0 Å². The Morgan fingerprint density at radius 1 is 1.00 bits per heavy atom.